The van der Waals surface area contributed by atoms with E-state index in [1.165, 1.54) is 6.21 Å². The van der Waals surface area contributed by atoms with Crippen LogP contribution in [0.3, 0.4) is 0 Å². The summed E-state index contributed by atoms with van der Waals surface area (Å²) < 4.78 is 1.99. The molecule has 0 bridgehead atoms. The molecule has 0 atom stereocenters. The van der Waals surface area contributed by atoms with Crippen molar-refractivity contribution in [3.63, 3.8) is 0 Å². The quantitative estimate of drug-likeness (QED) is 0.371. The number of imidazole rings is 1. The summed E-state index contributed by atoms with van der Waals surface area (Å²) in [6, 6.07) is 13.3. The molecule has 0 saturated carbocycles. The molecule has 0 saturated heterocycles. The van der Waals surface area contributed by atoms with Gasteiger partial charge in [-0.15, -0.1) is 0 Å². The molecule has 28 heavy (non-hydrogen) atoms. The second-order valence-electron chi connectivity index (χ2n) is 7.10. The summed E-state index contributed by atoms with van der Waals surface area (Å²) in [6.07, 6.45) is 3.04. The van der Waals surface area contributed by atoms with Crippen molar-refractivity contribution in [3.05, 3.63) is 66.6 Å². The lowest BCUT2D eigenvalue weighted by Gasteiger charge is -2.17. The number of benzene rings is 2. The number of anilines is 2. The fourth-order valence-corrected chi connectivity index (χ4v) is 2.98. The van der Waals surface area contributed by atoms with E-state index < -0.39 is 0 Å². The molecule has 0 unspecified atom stereocenters. The third-order valence-electron chi connectivity index (χ3n) is 4.47. The molecule has 0 spiro atoms. The fraction of sp³-hybridized carbons (Fsp3) is 0.182. The molecule has 2 aromatic carbocycles. The first kappa shape index (κ1) is 19.2. The first-order valence-electron chi connectivity index (χ1n) is 9.18. The van der Waals surface area contributed by atoms with Gasteiger partial charge in [-0.25, -0.2) is 4.98 Å². The summed E-state index contributed by atoms with van der Waals surface area (Å²) >= 11 is 0. The fourth-order valence-electron chi connectivity index (χ4n) is 2.98. The molecule has 3 rings (SSSR count). The lowest BCUT2D eigenvalue weighted by atomic mass is 10.1. The van der Waals surface area contributed by atoms with Gasteiger partial charge in [-0.05, 0) is 24.1 Å². The van der Waals surface area contributed by atoms with Crippen molar-refractivity contribution in [1.29, 1.82) is 5.41 Å². The van der Waals surface area contributed by atoms with E-state index in [-0.39, 0.29) is 0 Å². The zero-order valence-corrected chi connectivity index (χ0v) is 16.2. The molecule has 0 radical (unpaired) electrons. The van der Waals surface area contributed by atoms with Crippen LogP contribution in [-0.4, -0.2) is 22.3 Å². The third kappa shape index (κ3) is 3.76. The Morgan fingerprint density at radius 1 is 1.21 bits per heavy atom. The van der Waals surface area contributed by atoms with Gasteiger partial charge in [0.25, 0.3) is 0 Å². The molecule has 0 aliphatic heterocycles. The monoisotopic (exact) mass is 374 g/mol. The van der Waals surface area contributed by atoms with Crippen molar-refractivity contribution in [1.82, 2.24) is 14.9 Å². The topological polar surface area (TPSA) is 106 Å². The highest BCUT2D eigenvalue weighted by atomic mass is 15.1. The molecule has 3 aromatic rings. The van der Waals surface area contributed by atoms with Crippen LogP contribution in [0.1, 0.15) is 25.2 Å². The van der Waals surface area contributed by atoms with Crippen LogP contribution in [0.5, 0.6) is 0 Å². The van der Waals surface area contributed by atoms with Crippen LogP contribution in [0.25, 0.3) is 22.6 Å². The highest BCUT2D eigenvalue weighted by molar-refractivity contribution is 5.87. The Morgan fingerprint density at radius 3 is 2.61 bits per heavy atom. The van der Waals surface area contributed by atoms with E-state index in [1.54, 1.807) is 6.20 Å². The number of nitrogens with zero attached hydrogens (tertiary/aromatic N) is 2. The number of nitrogen functional groups attached to an aromatic ring is 2. The van der Waals surface area contributed by atoms with Gasteiger partial charge < -0.3 is 22.2 Å². The van der Waals surface area contributed by atoms with E-state index in [4.69, 9.17) is 16.9 Å². The average molecular weight is 374 g/mol. The Labute approximate surface area is 165 Å². The third-order valence-corrected chi connectivity index (χ3v) is 4.47. The molecule has 6 N–H and O–H groups in total. The molecular weight excluding hydrogens is 348 g/mol. The molecule has 6 nitrogen and oxygen atoms in total. The zero-order valence-electron chi connectivity index (χ0n) is 16.2. The van der Waals surface area contributed by atoms with Crippen molar-refractivity contribution in [2.75, 3.05) is 18.0 Å². The van der Waals surface area contributed by atoms with Crippen molar-refractivity contribution in [2.24, 2.45) is 5.92 Å². The second-order valence-corrected chi connectivity index (χ2v) is 7.10. The smallest absolute Gasteiger partial charge is 0.160 e. The SMILES string of the molecule is C=C(NCC(C)C)c1ncc(-c2ccc(C=N)c(N)c2)n1-c1ccccc1N. The summed E-state index contributed by atoms with van der Waals surface area (Å²) in [4.78, 5) is 4.62. The minimum atomic E-state index is 0.481. The van der Waals surface area contributed by atoms with Gasteiger partial charge in [0.2, 0.25) is 0 Å². The molecule has 0 aliphatic carbocycles. The lowest BCUT2D eigenvalue weighted by molar-refractivity contribution is 0.616. The van der Waals surface area contributed by atoms with Gasteiger partial charge in [0.05, 0.1) is 29.0 Å². The number of rotatable bonds is 7. The zero-order chi connectivity index (χ0) is 20.3. The summed E-state index contributed by atoms with van der Waals surface area (Å²) in [6.45, 7) is 9.25. The minimum Gasteiger partial charge on any atom is -0.398 e. The molecule has 0 aliphatic rings. The molecule has 144 valence electrons. The average Bonchev–Trinajstić information content (AvgIpc) is 3.11. The Morgan fingerprint density at radius 2 is 1.96 bits per heavy atom. The van der Waals surface area contributed by atoms with Crippen molar-refractivity contribution >= 4 is 23.3 Å². The maximum atomic E-state index is 7.45. The normalized spacial score (nSPS) is 10.8. The van der Waals surface area contributed by atoms with E-state index in [9.17, 15) is 0 Å². The van der Waals surface area contributed by atoms with Crippen LogP contribution in [0, 0.1) is 11.3 Å². The molecule has 1 heterocycles. The summed E-state index contributed by atoms with van der Waals surface area (Å²) in [7, 11) is 0. The van der Waals surface area contributed by atoms with Gasteiger partial charge in [0.1, 0.15) is 0 Å². The number of aromatic nitrogens is 2. The van der Waals surface area contributed by atoms with Gasteiger partial charge in [-0.3, -0.25) is 4.57 Å². The predicted molar refractivity (Wildman–Crippen MR) is 118 cm³/mol. The van der Waals surface area contributed by atoms with Gasteiger partial charge >= 0.3 is 0 Å². The Kier molecular flexibility index (Phi) is 5.49. The van der Waals surface area contributed by atoms with Crippen molar-refractivity contribution < 1.29 is 0 Å². The van der Waals surface area contributed by atoms with Crippen molar-refractivity contribution in [3.8, 4) is 16.9 Å². The van der Waals surface area contributed by atoms with Crippen LogP contribution < -0.4 is 16.8 Å². The van der Waals surface area contributed by atoms with Crippen molar-refractivity contribution in [2.45, 2.75) is 13.8 Å². The molecule has 6 heteroatoms. The van der Waals surface area contributed by atoms with E-state index in [2.05, 4.69) is 30.7 Å². The highest BCUT2D eigenvalue weighted by Crippen LogP contribution is 2.31. The molecule has 0 fully saturated rings. The maximum absolute atomic E-state index is 7.45. The molecule has 0 amide bonds. The Bertz CT molecular complexity index is 1020. The minimum absolute atomic E-state index is 0.481. The first-order valence-corrected chi connectivity index (χ1v) is 9.18. The largest absolute Gasteiger partial charge is 0.398 e. The first-order chi connectivity index (χ1) is 13.4. The van der Waals surface area contributed by atoms with Crippen LogP contribution in [-0.2, 0) is 0 Å². The standard InChI is InChI=1S/C22H26N6/c1-14(2)12-26-15(3)22-27-13-21(16-8-9-17(11-23)19(25)10-16)28(22)20-7-5-4-6-18(20)24/h4-11,13-14,23,26H,3,12,24-25H2,1-2H3. The van der Waals surface area contributed by atoms with Gasteiger partial charge in [-0.2, -0.15) is 0 Å². The number of hydrogen-bond donors (Lipinski definition) is 4. The van der Waals surface area contributed by atoms with Gasteiger partial charge in [0, 0.05) is 29.6 Å². The number of para-hydroxylation sites is 2. The summed E-state index contributed by atoms with van der Waals surface area (Å²) in [5, 5.41) is 10.8. The van der Waals surface area contributed by atoms with Crippen LogP contribution >= 0.6 is 0 Å². The molecular formula is C22H26N6. The lowest BCUT2D eigenvalue weighted by Crippen LogP contribution is -2.20. The van der Waals surface area contributed by atoms with E-state index >= 15 is 0 Å². The van der Waals surface area contributed by atoms with Crippen LogP contribution in [0.4, 0.5) is 11.4 Å². The van der Waals surface area contributed by atoms with Gasteiger partial charge in [-0.1, -0.05) is 44.7 Å². The van der Waals surface area contributed by atoms with Crippen LogP contribution in [0.15, 0.2) is 55.2 Å². The van der Waals surface area contributed by atoms with E-state index in [0.29, 0.717) is 28.7 Å². The summed E-state index contributed by atoms with van der Waals surface area (Å²) in [5.74, 6) is 1.18. The Hall–Kier alpha value is -3.54. The highest BCUT2D eigenvalue weighted by Gasteiger charge is 2.18. The molecule has 1 aromatic heterocycles. The van der Waals surface area contributed by atoms with Gasteiger partial charge in [0.15, 0.2) is 5.82 Å². The number of nitrogens with one attached hydrogen (secondary N) is 2. The number of hydrogen-bond acceptors (Lipinski definition) is 5. The second kappa shape index (κ2) is 8.00. The summed E-state index contributed by atoms with van der Waals surface area (Å²) in [5.41, 5.74) is 17.5. The van der Waals surface area contributed by atoms with E-state index in [1.807, 2.05) is 47.0 Å². The van der Waals surface area contributed by atoms with Crippen LogP contribution in [0.2, 0.25) is 0 Å². The predicted octanol–water partition coefficient (Wildman–Crippen LogP) is 3.92. The number of nitrogens with two attached hydrogens (primary N) is 2. The van der Waals surface area contributed by atoms with E-state index in [0.717, 1.165) is 29.2 Å². The Balaban J connectivity index is 2.16. The maximum Gasteiger partial charge on any atom is 0.160 e.